The number of benzene rings is 3. The molecule has 0 saturated carbocycles. The van der Waals surface area contributed by atoms with Crippen LogP contribution in [0, 0.1) is 0 Å². The van der Waals surface area contributed by atoms with Crippen molar-refractivity contribution in [3.63, 3.8) is 0 Å². The maximum absolute atomic E-state index is 12.3. The van der Waals surface area contributed by atoms with Gasteiger partial charge in [-0.25, -0.2) is 5.43 Å². The lowest BCUT2D eigenvalue weighted by Gasteiger charge is -2.14. The fourth-order valence-electron chi connectivity index (χ4n) is 3.14. The number of nitrogens with zero attached hydrogens (tertiary/aromatic N) is 1. The zero-order valence-electron chi connectivity index (χ0n) is 19.2. The fourth-order valence-corrected chi connectivity index (χ4v) is 3.87. The Hall–Kier alpha value is -3.13. The first-order valence-electron chi connectivity index (χ1n) is 10.3. The van der Waals surface area contributed by atoms with Crippen LogP contribution in [0.3, 0.4) is 0 Å². The van der Waals surface area contributed by atoms with Crippen LogP contribution in [0.5, 0.6) is 23.0 Å². The van der Waals surface area contributed by atoms with Crippen molar-refractivity contribution >= 4 is 46.9 Å². The number of nitrogens with one attached hydrogen (secondary N) is 1. The van der Waals surface area contributed by atoms with Crippen molar-refractivity contribution < 1.29 is 23.7 Å². The van der Waals surface area contributed by atoms with Crippen molar-refractivity contribution in [1.29, 1.82) is 0 Å². The highest BCUT2D eigenvalue weighted by Crippen LogP contribution is 2.37. The minimum absolute atomic E-state index is 0.113. The summed E-state index contributed by atoms with van der Waals surface area (Å²) in [6.45, 7) is 0.172. The lowest BCUT2D eigenvalue weighted by molar-refractivity contribution is -0.120. The normalized spacial score (nSPS) is 10.8. The summed E-state index contributed by atoms with van der Waals surface area (Å²) in [5.74, 6) is 1.59. The maximum atomic E-state index is 12.3. The molecule has 10 heteroatoms. The molecule has 0 aliphatic rings. The van der Waals surface area contributed by atoms with Crippen LogP contribution in [0.15, 0.2) is 53.6 Å². The standard InChI is InChI=1S/C25H23Cl3N2O5/c1-32-21-7-4-15(9-22(21)33-2)11-24(31)30-29-13-16-8-20(28)25(23(10-16)34-3)35-14-17-5-6-18(26)12-19(17)27/h4-10,12-13H,11,14H2,1-3H3,(H,30,31)/b29-13+. The summed E-state index contributed by atoms with van der Waals surface area (Å²) in [6.07, 6.45) is 1.57. The van der Waals surface area contributed by atoms with Gasteiger partial charge in [-0.3, -0.25) is 4.79 Å². The van der Waals surface area contributed by atoms with Gasteiger partial charge in [0, 0.05) is 15.6 Å². The average molecular weight is 538 g/mol. The topological polar surface area (TPSA) is 78.4 Å². The Morgan fingerprint density at radius 1 is 0.886 bits per heavy atom. The average Bonchev–Trinajstić information content (AvgIpc) is 2.84. The van der Waals surface area contributed by atoms with Crippen LogP contribution in [0.2, 0.25) is 15.1 Å². The molecule has 0 aliphatic heterocycles. The van der Waals surface area contributed by atoms with Crippen molar-refractivity contribution in [3.05, 3.63) is 80.3 Å². The lowest BCUT2D eigenvalue weighted by Crippen LogP contribution is -2.19. The molecule has 1 amide bonds. The van der Waals surface area contributed by atoms with Crippen molar-refractivity contribution in [2.45, 2.75) is 13.0 Å². The van der Waals surface area contributed by atoms with Gasteiger partial charge in [0.05, 0.1) is 39.0 Å². The number of hydrogen-bond donors (Lipinski definition) is 1. The summed E-state index contributed by atoms with van der Waals surface area (Å²) in [7, 11) is 4.59. The molecule has 0 fully saturated rings. The van der Waals surface area contributed by atoms with Gasteiger partial charge < -0.3 is 18.9 Å². The van der Waals surface area contributed by atoms with Crippen LogP contribution in [-0.2, 0) is 17.8 Å². The van der Waals surface area contributed by atoms with Crippen LogP contribution >= 0.6 is 34.8 Å². The smallest absolute Gasteiger partial charge is 0.244 e. The third-order valence-electron chi connectivity index (χ3n) is 4.85. The molecule has 184 valence electrons. The summed E-state index contributed by atoms with van der Waals surface area (Å²) in [5, 5.41) is 5.34. The van der Waals surface area contributed by atoms with Crippen molar-refractivity contribution in [2.75, 3.05) is 21.3 Å². The van der Waals surface area contributed by atoms with Crippen molar-refractivity contribution in [2.24, 2.45) is 5.10 Å². The molecule has 0 aromatic heterocycles. The molecule has 0 atom stereocenters. The molecule has 3 aromatic carbocycles. The third-order valence-corrected chi connectivity index (χ3v) is 5.72. The van der Waals surface area contributed by atoms with E-state index in [1.54, 1.807) is 55.6 Å². The van der Waals surface area contributed by atoms with E-state index in [0.717, 1.165) is 11.1 Å². The molecule has 0 saturated heterocycles. The van der Waals surface area contributed by atoms with Crippen LogP contribution in [0.4, 0.5) is 0 Å². The number of hydrazone groups is 1. The molecule has 7 nitrogen and oxygen atoms in total. The molecule has 1 N–H and O–H groups in total. The van der Waals surface area contributed by atoms with Gasteiger partial charge >= 0.3 is 0 Å². The highest BCUT2D eigenvalue weighted by atomic mass is 35.5. The van der Waals surface area contributed by atoms with Gasteiger partial charge in [0.25, 0.3) is 0 Å². The number of ether oxygens (including phenoxy) is 4. The largest absolute Gasteiger partial charge is 0.493 e. The Balaban J connectivity index is 1.64. The maximum Gasteiger partial charge on any atom is 0.244 e. The first-order valence-corrected chi connectivity index (χ1v) is 11.4. The first kappa shape index (κ1) is 26.5. The molecule has 0 heterocycles. The van der Waals surface area contributed by atoms with Crippen molar-refractivity contribution in [3.8, 4) is 23.0 Å². The second-order valence-electron chi connectivity index (χ2n) is 7.22. The Morgan fingerprint density at radius 3 is 2.31 bits per heavy atom. The molecule has 0 unspecified atom stereocenters. The highest BCUT2D eigenvalue weighted by molar-refractivity contribution is 6.35. The summed E-state index contributed by atoms with van der Waals surface area (Å²) < 4.78 is 21.7. The predicted octanol–water partition coefficient (Wildman–Crippen LogP) is 5.94. The monoisotopic (exact) mass is 536 g/mol. The minimum atomic E-state index is -0.300. The third kappa shape index (κ3) is 7.18. The Bertz CT molecular complexity index is 1230. The zero-order valence-corrected chi connectivity index (χ0v) is 21.5. The molecule has 3 aromatic rings. The van der Waals surface area contributed by atoms with Gasteiger partial charge in [0.15, 0.2) is 23.0 Å². The molecule has 0 bridgehead atoms. The van der Waals surface area contributed by atoms with E-state index in [2.05, 4.69) is 10.5 Å². The molecule has 0 radical (unpaired) electrons. The van der Waals surface area contributed by atoms with Crippen LogP contribution in [0.1, 0.15) is 16.7 Å². The van der Waals surface area contributed by atoms with E-state index >= 15 is 0 Å². The van der Waals surface area contributed by atoms with E-state index in [4.69, 9.17) is 53.8 Å². The van der Waals surface area contributed by atoms with Gasteiger partial charge in [0.1, 0.15) is 6.61 Å². The van der Waals surface area contributed by atoms with Gasteiger partial charge in [-0.05, 0) is 47.5 Å². The van der Waals surface area contributed by atoms with Crippen LogP contribution in [0.25, 0.3) is 0 Å². The van der Waals surface area contributed by atoms with Gasteiger partial charge in [-0.2, -0.15) is 5.10 Å². The van der Waals surface area contributed by atoms with E-state index in [-0.39, 0.29) is 18.9 Å². The zero-order chi connectivity index (χ0) is 25.4. The summed E-state index contributed by atoms with van der Waals surface area (Å²) in [6, 6.07) is 13.7. The van der Waals surface area contributed by atoms with Gasteiger partial charge in [-0.1, -0.05) is 46.9 Å². The number of rotatable bonds is 10. The quantitative estimate of drug-likeness (QED) is 0.256. The molecule has 35 heavy (non-hydrogen) atoms. The lowest BCUT2D eigenvalue weighted by atomic mass is 10.1. The summed E-state index contributed by atoms with van der Waals surface area (Å²) in [4.78, 5) is 12.3. The van der Waals surface area contributed by atoms with Gasteiger partial charge in [0.2, 0.25) is 5.91 Å². The number of amides is 1. The Labute approximate surface area is 218 Å². The molecular weight excluding hydrogens is 515 g/mol. The molecule has 0 aliphatic carbocycles. The van der Waals surface area contributed by atoms with Gasteiger partial charge in [-0.15, -0.1) is 0 Å². The van der Waals surface area contributed by atoms with E-state index in [1.165, 1.54) is 20.4 Å². The number of carbonyl (C=O) groups excluding carboxylic acids is 1. The number of halogens is 3. The van der Waals surface area contributed by atoms with E-state index in [9.17, 15) is 4.79 Å². The van der Waals surface area contributed by atoms with Crippen LogP contribution in [-0.4, -0.2) is 33.5 Å². The van der Waals surface area contributed by atoms with E-state index < -0.39 is 0 Å². The SMILES string of the molecule is COc1ccc(CC(=O)N/N=C/c2cc(Cl)c(OCc3ccc(Cl)cc3Cl)c(OC)c2)cc1OC. The predicted molar refractivity (Wildman–Crippen MR) is 138 cm³/mol. The highest BCUT2D eigenvalue weighted by Gasteiger charge is 2.13. The van der Waals surface area contributed by atoms with Crippen molar-refractivity contribution in [1.82, 2.24) is 5.43 Å². The van der Waals surface area contributed by atoms with E-state index in [1.807, 2.05) is 0 Å². The number of methoxy groups -OCH3 is 3. The molecular formula is C25H23Cl3N2O5. The second-order valence-corrected chi connectivity index (χ2v) is 8.47. The number of hydrogen-bond acceptors (Lipinski definition) is 6. The molecule has 0 spiro atoms. The molecule has 3 rings (SSSR count). The summed E-state index contributed by atoms with van der Waals surface area (Å²) >= 11 is 18.6. The Kier molecular flexibility index (Phi) is 9.48. The number of carbonyl (C=O) groups is 1. The minimum Gasteiger partial charge on any atom is -0.493 e. The fraction of sp³-hybridized carbons (Fsp3) is 0.200. The summed E-state index contributed by atoms with van der Waals surface area (Å²) in [5.41, 5.74) is 4.60. The second kappa shape index (κ2) is 12.5. The van der Waals surface area contributed by atoms with E-state index in [0.29, 0.717) is 43.6 Å². The first-order chi connectivity index (χ1) is 16.8. The Morgan fingerprint density at radius 2 is 1.63 bits per heavy atom. The van der Waals surface area contributed by atoms with Crippen LogP contribution < -0.4 is 24.4 Å².